The molecule has 28 heavy (non-hydrogen) atoms. The van der Waals surface area contributed by atoms with E-state index >= 15 is 0 Å². The lowest BCUT2D eigenvalue weighted by molar-refractivity contribution is -0.384. The summed E-state index contributed by atoms with van der Waals surface area (Å²) < 4.78 is 10.1. The number of hydrogen-bond donors (Lipinski definition) is 1. The first-order valence-electron chi connectivity index (χ1n) is 8.27. The van der Waals surface area contributed by atoms with Gasteiger partial charge in [0.05, 0.1) is 9.95 Å². The largest absolute Gasteiger partial charge is 0.480 e. The third-order valence-corrected chi connectivity index (χ3v) is 4.19. The Kier molecular flexibility index (Phi) is 6.94. The van der Waals surface area contributed by atoms with Crippen LogP contribution >= 0.6 is 11.6 Å². The van der Waals surface area contributed by atoms with Crippen LogP contribution in [0.2, 0.25) is 5.02 Å². The number of halogens is 1. The predicted octanol–water partition coefficient (Wildman–Crippen LogP) is 3.73. The van der Waals surface area contributed by atoms with E-state index in [1.807, 2.05) is 6.92 Å². The Morgan fingerprint density at radius 3 is 2.46 bits per heavy atom. The van der Waals surface area contributed by atoms with Gasteiger partial charge < -0.3 is 14.8 Å². The Morgan fingerprint density at radius 1 is 1.11 bits per heavy atom. The quantitative estimate of drug-likeness (QED) is 0.426. The molecule has 0 saturated heterocycles. The number of hydrogen-bond acceptors (Lipinski definition) is 6. The highest BCUT2D eigenvalue weighted by atomic mass is 35.5. The van der Waals surface area contributed by atoms with Crippen LogP contribution in [0.25, 0.3) is 0 Å². The van der Waals surface area contributed by atoms with E-state index in [2.05, 4.69) is 5.32 Å². The number of esters is 1. The fourth-order valence-corrected chi connectivity index (χ4v) is 2.46. The van der Waals surface area contributed by atoms with Gasteiger partial charge in [0, 0.05) is 6.07 Å². The van der Waals surface area contributed by atoms with Crippen molar-refractivity contribution in [2.45, 2.75) is 20.8 Å². The molecule has 0 aliphatic rings. The molecule has 8 nitrogen and oxygen atoms in total. The molecule has 0 atom stereocenters. The zero-order valence-corrected chi connectivity index (χ0v) is 16.3. The van der Waals surface area contributed by atoms with Crippen LogP contribution in [0.3, 0.4) is 0 Å². The number of carbonyl (C=O) groups is 2. The summed E-state index contributed by atoms with van der Waals surface area (Å²) in [6, 6.07) is 7.97. The lowest BCUT2D eigenvalue weighted by Crippen LogP contribution is -2.24. The topological polar surface area (TPSA) is 108 Å². The fourth-order valence-electron chi connectivity index (χ4n) is 2.28. The van der Waals surface area contributed by atoms with E-state index in [1.165, 1.54) is 12.1 Å². The van der Waals surface area contributed by atoms with Crippen molar-refractivity contribution < 1.29 is 24.0 Å². The number of anilines is 1. The van der Waals surface area contributed by atoms with Crippen molar-refractivity contribution in [2.75, 3.05) is 18.5 Å². The maximum Gasteiger partial charge on any atom is 0.344 e. The van der Waals surface area contributed by atoms with Gasteiger partial charge in [0.15, 0.2) is 13.2 Å². The van der Waals surface area contributed by atoms with Gasteiger partial charge in [-0.25, -0.2) is 4.79 Å². The first-order valence-corrected chi connectivity index (χ1v) is 8.65. The molecule has 2 aromatic carbocycles. The molecular weight excluding hydrogens is 388 g/mol. The maximum absolute atomic E-state index is 12.0. The Morgan fingerprint density at radius 2 is 1.79 bits per heavy atom. The number of amides is 1. The second-order valence-corrected chi connectivity index (χ2v) is 6.55. The molecule has 1 amide bonds. The van der Waals surface area contributed by atoms with Gasteiger partial charge in [-0.3, -0.25) is 14.9 Å². The van der Waals surface area contributed by atoms with Crippen LogP contribution < -0.4 is 10.1 Å². The molecule has 1 N–H and O–H groups in total. The third kappa shape index (κ3) is 5.68. The number of aryl methyl sites for hydroxylation is 3. The molecule has 0 fully saturated rings. The highest BCUT2D eigenvalue weighted by Crippen LogP contribution is 2.28. The highest BCUT2D eigenvalue weighted by Gasteiger charge is 2.18. The van der Waals surface area contributed by atoms with Crippen LogP contribution in [0.15, 0.2) is 30.3 Å². The van der Waals surface area contributed by atoms with Crippen molar-refractivity contribution in [3.63, 3.8) is 0 Å². The van der Waals surface area contributed by atoms with Gasteiger partial charge in [-0.15, -0.1) is 0 Å². The molecule has 0 radical (unpaired) electrons. The van der Waals surface area contributed by atoms with Gasteiger partial charge in [-0.1, -0.05) is 17.7 Å². The zero-order valence-electron chi connectivity index (χ0n) is 15.6. The molecule has 0 spiro atoms. The Bertz CT molecular complexity index is 929. The van der Waals surface area contributed by atoms with Crippen LogP contribution in [-0.2, 0) is 14.3 Å². The van der Waals surface area contributed by atoms with Gasteiger partial charge in [0.1, 0.15) is 11.4 Å². The van der Waals surface area contributed by atoms with Crippen molar-refractivity contribution >= 4 is 34.9 Å². The monoisotopic (exact) mass is 406 g/mol. The summed E-state index contributed by atoms with van der Waals surface area (Å²) in [5.41, 5.74) is 2.21. The molecule has 0 unspecified atom stereocenters. The summed E-state index contributed by atoms with van der Waals surface area (Å²) in [6.45, 7) is 4.31. The van der Waals surface area contributed by atoms with Crippen LogP contribution in [0, 0.1) is 30.9 Å². The van der Waals surface area contributed by atoms with Gasteiger partial charge in [-0.05, 0) is 55.7 Å². The summed E-state index contributed by atoms with van der Waals surface area (Å²) >= 11 is 5.97. The second kappa shape index (κ2) is 9.18. The normalized spacial score (nSPS) is 10.3. The first-order chi connectivity index (χ1) is 13.2. The molecule has 9 heteroatoms. The number of nitrogens with zero attached hydrogens (tertiary/aromatic N) is 1. The van der Waals surface area contributed by atoms with Crippen molar-refractivity contribution in [1.29, 1.82) is 0 Å². The highest BCUT2D eigenvalue weighted by molar-refractivity contribution is 6.32. The standard InChI is InChI=1S/C19H19ClN2O6/c1-11-4-5-14(20)17(6-11)27-10-19(24)28-9-18(23)21-15-7-12(2)13(3)8-16(15)22(25)26/h4-8H,9-10H2,1-3H3,(H,21,23). The molecule has 0 aromatic heterocycles. The summed E-state index contributed by atoms with van der Waals surface area (Å²) in [5.74, 6) is -1.15. The Hall–Kier alpha value is -3.13. The molecule has 0 aliphatic heterocycles. The Balaban J connectivity index is 1.90. The van der Waals surface area contributed by atoms with E-state index in [-0.39, 0.29) is 11.4 Å². The lowest BCUT2D eigenvalue weighted by Gasteiger charge is -2.10. The second-order valence-electron chi connectivity index (χ2n) is 6.14. The van der Waals surface area contributed by atoms with Crippen LogP contribution in [0.1, 0.15) is 16.7 Å². The number of benzene rings is 2. The summed E-state index contributed by atoms with van der Waals surface area (Å²) in [5, 5.41) is 13.9. The first kappa shape index (κ1) is 21.2. The number of nitro benzene ring substituents is 1. The van der Waals surface area contributed by atoms with E-state index in [9.17, 15) is 19.7 Å². The van der Waals surface area contributed by atoms with E-state index in [1.54, 1.807) is 32.0 Å². The molecule has 0 heterocycles. The average molecular weight is 407 g/mol. The third-order valence-electron chi connectivity index (χ3n) is 3.88. The molecule has 0 aliphatic carbocycles. The van der Waals surface area contributed by atoms with Crippen LogP contribution in [0.5, 0.6) is 5.75 Å². The predicted molar refractivity (Wildman–Crippen MR) is 104 cm³/mol. The Labute approximate surface area is 166 Å². The number of nitrogens with one attached hydrogen (secondary N) is 1. The van der Waals surface area contributed by atoms with Crippen LogP contribution in [0.4, 0.5) is 11.4 Å². The molecule has 2 aromatic rings. The average Bonchev–Trinajstić information content (AvgIpc) is 2.63. The number of nitro groups is 1. The number of carbonyl (C=O) groups excluding carboxylic acids is 2. The minimum absolute atomic E-state index is 0.0388. The van der Waals surface area contributed by atoms with Crippen molar-refractivity contribution in [2.24, 2.45) is 0 Å². The minimum Gasteiger partial charge on any atom is -0.480 e. The summed E-state index contributed by atoms with van der Waals surface area (Å²) in [6.07, 6.45) is 0. The summed E-state index contributed by atoms with van der Waals surface area (Å²) in [4.78, 5) is 34.3. The van der Waals surface area contributed by atoms with Gasteiger partial charge in [0.25, 0.3) is 11.6 Å². The molecule has 0 saturated carbocycles. The van der Waals surface area contributed by atoms with Crippen molar-refractivity contribution in [3.8, 4) is 5.75 Å². The smallest absolute Gasteiger partial charge is 0.344 e. The number of rotatable bonds is 7. The number of ether oxygens (including phenoxy) is 2. The molecule has 148 valence electrons. The van der Waals surface area contributed by atoms with Crippen molar-refractivity contribution in [1.82, 2.24) is 0 Å². The fraction of sp³-hybridized carbons (Fsp3) is 0.263. The molecular formula is C19H19ClN2O6. The lowest BCUT2D eigenvalue weighted by atomic mass is 10.1. The minimum atomic E-state index is -0.776. The zero-order chi connectivity index (χ0) is 20.8. The van der Waals surface area contributed by atoms with Gasteiger partial charge in [-0.2, -0.15) is 0 Å². The SMILES string of the molecule is Cc1ccc(Cl)c(OCC(=O)OCC(=O)Nc2cc(C)c(C)cc2[N+](=O)[O-])c1. The van der Waals surface area contributed by atoms with Crippen LogP contribution in [-0.4, -0.2) is 30.0 Å². The maximum atomic E-state index is 12.0. The summed E-state index contributed by atoms with van der Waals surface area (Å²) in [7, 11) is 0. The van der Waals surface area contributed by atoms with Gasteiger partial charge >= 0.3 is 5.97 Å². The van der Waals surface area contributed by atoms with E-state index in [0.29, 0.717) is 10.8 Å². The molecule has 0 bridgehead atoms. The van der Waals surface area contributed by atoms with Gasteiger partial charge in [0.2, 0.25) is 0 Å². The van der Waals surface area contributed by atoms with Crippen molar-refractivity contribution in [3.05, 3.63) is 62.2 Å². The molecule has 2 rings (SSSR count). The van der Waals surface area contributed by atoms with E-state index in [0.717, 1.165) is 16.7 Å². The van der Waals surface area contributed by atoms with E-state index in [4.69, 9.17) is 21.1 Å². The van der Waals surface area contributed by atoms with E-state index < -0.39 is 30.0 Å².